The molecule has 0 aromatic carbocycles. The first-order valence-corrected chi connectivity index (χ1v) is 7.23. The largest absolute Gasteiger partial charge is 0.333 e. The quantitative estimate of drug-likeness (QED) is 0.893. The number of rotatable bonds is 5. The van der Waals surface area contributed by atoms with Crippen LogP contribution in [0.5, 0.6) is 0 Å². The summed E-state index contributed by atoms with van der Waals surface area (Å²) in [7, 11) is 0. The van der Waals surface area contributed by atoms with Gasteiger partial charge in [0.05, 0.1) is 17.9 Å². The fourth-order valence-corrected chi connectivity index (χ4v) is 2.56. The summed E-state index contributed by atoms with van der Waals surface area (Å²) in [5.41, 5.74) is 2.25. The number of nitrogens with zero attached hydrogens (tertiary/aromatic N) is 4. The van der Waals surface area contributed by atoms with Gasteiger partial charge in [-0.3, -0.25) is 9.88 Å². The van der Waals surface area contributed by atoms with Gasteiger partial charge in [0.1, 0.15) is 5.82 Å². The van der Waals surface area contributed by atoms with Crippen molar-refractivity contribution in [2.75, 3.05) is 13.1 Å². The fourth-order valence-electron chi connectivity index (χ4n) is 2.56. The monoisotopic (exact) mass is 271 g/mol. The van der Waals surface area contributed by atoms with E-state index in [1.54, 1.807) is 0 Å². The molecule has 2 aromatic rings. The van der Waals surface area contributed by atoms with Crippen molar-refractivity contribution in [2.24, 2.45) is 0 Å². The molecule has 20 heavy (non-hydrogen) atoms. The van der Waals surface area contributed by atoms with Crippen LogP contribution < -0.4 is 5.32 Å². The number of pyridine rings is 1. The van der Waals surface area contributed by atoms with E-state index < -0.39 is 0 Å². The van der Waals surface area contributed by atoms with Gasteiger partial charge in [0.2, 0.25) is 0 Å². The Kier molecular flexibility index (Phi) is 4.08. The molecule has 1 aliphatic heterocycles. The molecule has 0 fully saturated rings. The lowest BCUT2D eigenvalue weighted by Crippen LogP contribution is -2.33. The van der Waals surface area contributed by atoms with E-state index >= 15 is 0 Å². The van der Waals surface area contributed by atoms with Crippen molar-refractivity contribution in [3.63, 3.8) is 0 Å². The van der Waals surface area contributed by atoms with Crippen molar-refractivity contribution in [1.82, 2.24) is 24.8 Å². The third-order valence-electron chi connectivity index (χ3n) is 3.63. The first kappa shape index (κ1) is 13.3. The molecule has 106 valence electrons. The van der Waals surface area contributed by atoms with Crippen LogP contribution in [0, 0.1) is 0 Å². The lowest BCUT2D eigenvalue weighted by Gasteiger charge is -2.27. The molecular weight excluding hydrogens is 250 g/mol. The van der Waals surface area contributed by atoms with Gasteiger partial charge in [-0.25, -0.2) is 4.98 Å². The summed E-state index contributed by atoms with van der Waals surface area (Å²) in [6.07, 6.45) is 3.94. The van der Waals surface area contributed by atoms with Crippen LogP contribution >= 0.6 is 0 Å². The number of imidazole rings is 1. The van der Waals surface area contributed by atoms with E-state index in [0.29, 0.717) is 0 Å². The first-order valence-electron chi connectivity index (χ1n) is 7.23. The standard InChI is InChI=1S/C15H21N5/c1-2-16-10-13-4-3-5-14(18-13)11-19-8-9-20-7-6-17-15(20)12-19/h3-7,16H,2,8-12H2,1H3. The van der Waals surface area contributed by atoms with Crippen LogP contribution in [-0.4, -0.2) is 32.5 Å². The van der Waals surface area contributed by atoms with Gasteiger partial charge in [-0.15, -0.1) is 0 Å². The van der Waals surface area contributed by atoms with Gasteiger partial charge in [-0.05, 0) is 18.7 Å². The predicted molar refractivity (Wildman–Crippen MR) is 78.0 cm³/mol. The smallest absolute Gasteiger partial charge is 0.122 e. The summed E-state index contributed by atoms with van der Waals surface area (Å²) in [5, 5.41) is 3.32. The topological polar surface area (TPSA) is 46.0 Å². The summed E-state index contributed by atoms with van der Waals surface area (Å²) in [5.74, 6) is 1.15. The van der Waals surface area contributed by atoms with Crippen molar-refractivity contribution < 1.29 is 0 Å². The molecule has 0 unspecified atom stereocenters. The second-order valence-corrected chi connectivity index (χ2v) is 5.15. The van der Waals surface area contributed by atoms with Crippen molar-refractivity contribution in [2.45, 2.75) is 33.1 Å². The summed E-state index contributed by atoms with van der Waals surface area (Å²) >= 11 is 0. The van der Waals surface area contributed by atoms with Crippen LogP contribution in [0.15, 0.2) is 30.6 Å². The number of fused-ring (bicyclic) bond motifs is 1. The molecule has 5 nitrogen and oxygen atoms in total. The predicted octanol–water partition coefficient (Wildman–Crippen LogP) is 1.40. The maximum atomic E-state index is 4.72. The zero-order valence-electron chi connectivity index (χ0n) is 11.9. The molecule has 3 rings (SSSR count). The van der Waals surface area contributed by atoms with E-state index in [-0.39, 0.29) is 0 Å². The average molecular weight is 271 g/mol. The third-order valence-corrected chi connectivity index (χ3v) is 3.63. The number of hydrogen-bond acceptors (Lipinski definition) is 4. The van der Waals surface area contributed by atoms with Gasteiger partial charge < -0.3 is 9.88 Å². The number of hydrogen-bond donors (Lipinski definition) is 1. The lowest BCUT2D eigenvalue weighted by atomic mass is 10.2. The Hall–Kier alpha value is -1.72. The number of nitrogens with one attached hydrogen (secondary N) is 1. The minimum Gasteiger partial charge on any atom is -0.333 e. The molecule has 2 aromatic heterocycles. The highest BCUT2D eigenvalue weighted by Gasteiger charge is 2.16. The second kappa shape index (κ2) is 6.15. The molecule has 0 amide bonds. The Bertz CT molecular complexity index is 563. The Balaban J connectivity index is 1.63. The summed E-state index contributed by atoms with van der Waals surface area (Å²) in [6, 6.07) is 6.28. The second-order valence-electron chi connectivity index (χ2n) is 5.15. The zero-order valence-corrected chi connectivity index (χ0v) is 11.9. The van der Waals surface area contributed by atoms with Crippen LogP contribution in [0.3, 0.4) is 0 Å². The Labute approximate surface area is 119 Å². The molecule has 0 radical (unpaired) electrons. The maximum absolute atomic E-state index is 4.72. The van der Waals surface area contributed by atoms with E-state index in [1.807, 2.05) is 6.20 Å². The molecule has 0 bridgehead atoms. The van der Waals surface area contributed by atoms with Gasteiger partial charge in [0.15, 0.2) is 0 Å². The van der Waals surface area contributed by atoms with Gasteiger partial charge in [0.25, 0.3) is 0 Å². The Morgan fingerprint density at radius 2 is 2.15 bits per heavy atom. The molecule has 0 saturated carbocycles. The lowest BCUT2D eigenvalue weighted by molar-refractivity contribution is 0.206. The van der Waals surface area contributed by atoms with Gasteiger partial charge in [0, 0.05) is 38.6 Å². The highest BCUT2D eigenvalue weighted by Crippen LogP contribution is 2.13. The molecule has 1 aliphatic rings. The van der Waals surface area contributed by atoms with E-state index in [9.17, 15) is 0 Å². The third kappa shape index (κ3) is 3.05. The van der Waals surface area contributed by atoms with E-state index in [4.69, 9.17) is 4.98 Å². The van der Waals surface area contributed by atoms with Gasteiger partial charge in [-0.1, -0.05) is 13.0 Å². The van der Waals surface area contributed by atoms with E-state index in [0.717, 1.165) is 56.5 Å². The molecule has 1 N–H and O–H groups in total. The minimum absolute atomic E-state index is 0.842. The molecule has 5 heteroatoms. The van der Waals surface area contributed by atoms with Crippen molar-refractivity contribution >= 4 is 0 Å². The highest BCUT2D eigenvalue weighted by molar-refractivity contribution is 5.11. The summed E-state index contributed by atoms with van der Waals surface area (Å²) in [6.45, 7) is 7.81. The first-order chi connectivity index (χ1) is 9.85. The van der Waals surface area contributed by atoms with E-state index in [2.05, 4.69) is 51.1 Å². The van der Waals surface area contributed by atoms with Crippen LogP contribution in [0.1, 0.15) is 24.1 Å². The average Bonchev–Trinajstić information content (AvgIpc) is 2.93. The summed E-state index contributed by atoms with van der Waals surface area (Å²) < 4.78 is 2.23. The molecule has 0 aliphatic carbocycles. The van der Waals surface area contributed by atoms with Crippen molar-refractivity contribution in [3.05, 3.63) is 47.8 Å². The van der Waals surface area contributed by atoms with Crippen molar-refractivity contribution in [1.29, 1.82) is 0 Å². The molecular formula is C15H21N5. The SMILES string of the molecule is CCNCc1cccc(CN2CCn3ccnc3C2)n1. The molecule has 3 heterocycles. The van der Waals surface area contributed by atoms with Crippen molar-refractivity contribution in [3.8, 4) is 0 Å². The maximum Gasteiger partial charge on any atom is 0.122 e. The van der Waals surface area contributed by atoms with E-state index in [1.165, 1.54) is 0 Å². The minimum atomic E-state index is 0.842. The Morgan fingerprint density at radius 3 is 3.05 bits per heavy atom. The normalized spacial score (nSPS) is 15.2. The van der Waals surface area contributed by atoms with Gasteiger partial charge in [-0.2, -0.15) is 0 Å². The van der Waals surface area contributed by atoms with Gasteiger partial charge >= 0.3 is 0 Å². The number of aromatic nitrogens is 3. The summed E-state index contributed by atoms with van der Waals surface area (Å²) in [4.78, 5) is 11.5. The van der Waals surface area contributed by atoms with Crippen LogP contribution in [0.2, 0.25) is 0 Å². The molecule has 0 atom stereocenters. The van der Waals surface area contributed by atoms with Crippen LogP contribution in [0.4, 0.5) is 0 Å². The van der Waals surface area contributed by atoms with Crippen LogP contribution in [-0.2, 0) is 26.2 Å². The molecule has 0 spiro atoms. The molecule has 0 saturated heterocycles. The van der Waals surface area contributed by atoms with Crippen LogP contribution in [0.25, 0.3) is 0 Å². The zero-order chi connectivity index (χ0) is 13.8. The highest BCUT2D eigenvalue weighted by atomic mass is 15.2. The fraction of sp³-hybridized carbons (Fsp3) is 0.467. The Morgan fingerprint density at radius 1 is 1.25 bits per heavy atom.